The third-order valence-corrected chi connectivity index (χ3v) is 10.5. The number of aryl methyl sites for hydroxylation is 2. The molecule has 2 aromatic heterocycles. The van der Waals surface area contributed by atoms with Gasteiger partial charge in [-0.3, -0.25) is 9.55 Å². The van der Waals surface area contributed by atoms with E-state index < -0.39 is 5.89 Å². The van der Waals surface area contributed by atoms with Gasteiger partial charge in [0.1, 0.15) is 11.6 Å². The monoisotopic (exact) mass is 718 g/mol. The molecule has 6 aromatic carbocycles. The highest BCUT2D eigenvalue weighted by Crippen LogP contribution is 2.42. The normalized spacial score (nSPS) is 12.2. The molecule has 2 heterocycles. The number of aromatic hydroxyl groups is 1. The number of aromatic nitrogens is 3. The van der Waals surface area contributed by atoms with E-state index in [1.807, 2.05) is 70.3 Å². The van der Waals surface area contributed by atoms with Crippen molar-refractivity contribution in [1.82, 2.24) is 14.5 Å². The third kappa shape index (κ3) is 6.97. The van der Waals surface area contributed by atoms with Crippen LogP contribution in [0.25, 0.3) is 72.7 Å². The molecule has 0 radical (unpaired) electrons. The van der Waals surface area contributed by atoms with E-state index in [1.165, 1.54) is 5.56 Å². The molecule has 0 aliphatic heterocycles. The molecule has 4 nitrogen and oxygen atoms in total. The van der Waals surface area contributed by atoms with Crippen LogP contribution in [0.3, 0.4) is 0 Å². The molecule has 0 spiro atoms. The number of hydrogen-bond acceptors (Lipinski definition) is 3. The van der Waals surface area contributed by atoms with E-state index in [-0.39, 0.29) is 11.2 Å². The van der Waals surface area contributed by atoms with Gasteiger partial charge >= 0.3 is 0 Å². The van der Waals surface area contributed by atoms with Crippen LogP contribution in [0.4, 0.5) is 0 Å². The van der Waals surface area contributed by atoms with Crippen LogP contribution < -0.4 is 0 Å². The van der Waals surface area contributed by atoms with Gasteiger partial charge in [-0.15, -0.1) is 0 Å². The van der Waals surface area contributed by atoms with Gasteiger partial charge in [0, 0.05) is 24.4 Å². The van der Waals surface area contributed by atoms with E-state index in [9.17, 15) is 5.11 Å². The zero-order valence-corrected chi connectivity index (χ0v) is 32.6. The Morgan fingerprint density at radius 1 is 0.636 bits per heavy atom. The predicted octanol–water partition coefficient (Wildman–Crippen LogP) is 13.5. The Hall–Kier alpha value is -6.26. The highest BCUT2D eigenvalue weighted by atomic mass is 16.3. The lowest BCUT2D eigenvalue weighted by Gasteiger charge is -2.22. The molecular formula is C51H47N3O. The smallest absolute Gasteiger partial charge is 0.149 e. The largest absolute Gasteiger partial charge is 0.507 e. The standard InChI is InChI=1S/C51H47N3O/c1-32(2)38-25-39(36-17-12-9-13-18-36)30-43(29-38)54-47-20-14-19-44(48(47)53-50(54)45-24-33(3)23-34(4)49(45)55)40-26-41(28-42(27-40)51(5,6)7)46-31-37(21-22-52-46)35-15-10-8-11-16-35/h8-32,55H,1-7H3/i32D. The summed E-state index contributed by atoms with van der Waals surface area (Å²) in [5, 5.41) is 11.7. The molecule has 0 fully saturated rings. The first kappa shape index (κ1) is 34.5. The zero-order valence-electron chi connectivity index (χ0n) is 33.6. The first-order chi connectivity index (χ1) is 26.7. The second kappa shape index (κ2) is 14.2. The van der Waals surface area contributed by atoms with Crippen LogP contribution in [0, 0.1) is 13.8 Å². The van der Waals surface area contributed by atoms with Gasteiger partial charge in [-0.25, -0.2) is 4.98 Å². The minimum absolute atomic E-state index is 0.136. The minimum Gasteiger partial charge on any atom is -0.507 e. The molecule has 0 amide bonds. The number of phenols is 1. The SMILES string of the molecule is [2H]C(C)(C)c1cc(-c2ccccc2)cc(-n2c(-c3cc(C)cc(C)c3O)nc3c(-c4cc(-c5cc(-c6ccccc6)ccn5)cc(C(C)(C)C)c4)cccc32)c1. The van der Waals surface area contributed by atoms with Gasteiger partial charge in [0.15, 0.2) is 0 Å². The fourth-order valence-corrected chi connectivity index (χ4v) is 7.49. The summed E-state index contributed by atoms with van der Waals surface area (Å²) in [5.74, 6) is -0.0191. The summed E-state index contributed by atoms with van der Waals surface area (Å²) in [5.41, 5.74) is 15.3. The Bertz CT molecular complexity index is 2730. The van der Waals surface area contributed by atoms with Crippen molar-refractivity contribution in [2.45, 2.75) is 59.8 Å². The van der Waals surface area contributed by atoms with E-state index in [4.69, 9.17) is 11.3 Å². The third-order valence-electron chi connectivity index (χ3n) is 10.5. The van der Waals surface area contributed by atoms with E-state index in [1.54, 1.807) is 0 Å². The maximum atomic E-state index is 11.7. The number of benzene rings is 6. The second-order valence-electron chi connectivity index (χ2n) is 15.9. The Labute approximate surface area is 326 Å². The summed E-state index contributed by atoms with van der Waals surface area (Å²) in [6, 6.07) is 48.4. The number of rotatable bonds is 7. The lowest BCUT2D eigenvalue weighted by Crippen LogP contribution is -2.11. The van der Waals surface area contributed by atoms with Crippen molar-refractivity contribution in [2.75, 3.05) is 0 Å². The van der Waals surface area contributed by atoms with Gasteiger partial charge in [-0.1, -0.05) is 126 Å². The summed E-state index contributed by atoms with van der Waals surface area (Å²) in [4.78, 5) is 10.3. The quantitative estimate of drug-likeness (QED) is 0.178. The van der Waals surface area contributed by atoms with Gasteiger partial charge in [-0.05, 0) is 124 Å². The number of phenolic OH excluding ortho intramolecular Hbond substituents is 1. The summed E-state index contributed by atoms with van der Waals surface area (Å²) in [6.45, 7) is 14.5. The highest BCUT2D eigenvalue weighted by Gasteiger charge is 2.24. The van der Waals surface area contributed by atoms with Crippen molar-refractivity contribution < 1.29 is 6.48 Å². The number of fused-ring (bicyclic) bond motifs is 1. The summed E-state index contributed by atoms with van der Waals surface area (Å²) < 4.78 is 11.3. The van der Waals surface area contributed by atoms with Crippen molar-refractivity contribution in [1.29, 1.82) is 0 Å². The van der Waals surface area contributed by atoms with Crippen LogP contribution in [0.1, 0.15) is 64.1 Å². The van der Waals surface area contributed by atoms with Crippen molar-refractivity contribution in [3.05, 3.63) is 168 Å². The molecule has 0 saturated heterocycles. The first-order valence-corrected chi connectivity index (χ1v) is 19.0. The van der Waals surface area contributed by atoms with Crippen molar-refractivity contribution >= 4 is 11.0 Å². The number of imidazole rings is 1. The highest BCUT2D eigenvalue weighted by molar-refractivity contribution is 5.97. The van der Waals surface area contributed by atoms with E-state index in [0.717, 1.165) is 78.0 Å². The number of hydrogen-bond donors (Lipinski definition) is 1. The molecule has 0 aliphatic carbocycles. The summed E-state index contributed by atoms with van der Waals surface area (Å²) >= 11 is 0. The summed E-state index contributed by atoms with van der Waals surface area (Å²) in [6.07, 6.45) is 1.89. The molecule has 0 unspecified atom stereocenters. The Morgan fingerprint density at radius 2 is 1.33 bits per heavy atom. The lowest BCUT2D eigenvalue weighted by atomic mass is 9.83. The summed E-state index contributed by atoms with van der Waals surface area (Å²) in [7, 11) is 0. The van der Waals surface area contributed by atoms with Crippen molar-refractivity contribution in [3.8, 4) is 67.5 Å². The molecule has 8 rings (SSSR count). The lowest BCUT2D eigenvalue weighted by molar-refractivity contribution is 0.472. The Kier molecular flexibility index (Phi) is 8.90. The minimum atomic E-state index is -0.862. The fourth-order valence-electron chi connectivity index (χ4n) is 7.49. The van der Waals surface area contributed by atoms with Gasteiger partial charge < -0.3 is 5.11 Å². The van der Waals surface area contributed by atoms with Crippen LogP contribution in [0.15, 0.2) is 146 Å². The average Bonchev–Trinajstić information content (AvgIpc) is 3.59. The molecule has 0 bridgehead atoms. The Morgan fingerprint density at radius 3 is 2.02 bits per heavy atom. The maximum Gasteiger partial charge on any atom is 0.149 e. The van der Waals surface area contributed by atoms with Gasteiger partial charge in [0.05, 0.1) is 22.3 Å². The van der Waals surface area contributed by atoms with Gasteiger partial charge in [0.25, 0.3) is 0 Å². The topological polar surface area (TPSA) is 50.9 Å². The molecule has 272 valence electrons. The number of nitrogens with zero attached hydrogens (tertiary/aromatic N) is 3. The van der Waals surface area contributed by atoms with E-state index in [2.05, 4.69) is 128 Å². The molecule has 0 atom stereocenters. The van der Waals surface area contributed by atoms with Crippen LogP contribution in [-0.4, -0.2) is 19.6 Å². The molecule has 0 aliphatic rings. The van der Waals surface area contributed by atoms with Crippen LogP contribution in [0.5, 0.6) is 5.75 Å². The molecule has 8 aromatic rings. The predicted molar refractivity (Wildman–Crippen MR) is 230 cm³/mol. The second-order valence-corrected chi connectivity index (χ2v) is 15.9. The Balaban J connectivity index is 1.41. The number of pyridine rings is 1. The van der Waals surface area contributed by atoms with Crippen molar-refractivity contribution in [2.24, 2.45) is 0 Å². The van der Waals surface area contributed by atoms with Crippen molar-refractivity contribution in [3.63, 3.8) is 0 Å². The molecule has 55 heavy (non-hydrogen) atoms. The maximum absolute atomic E-state index is 11.7. The first-order valence-electron chi connectivity index (χ1n) is 19.5. The zero-order chi connectivity index (χ0) is 39.4. The molecular weight excluding hydrogens is 671 g/mol. The van der Waals surface area contributed by atoms with Crippen LogP contribution in [0.2, 0.25) is 0 Å². The van der Waals surface area contributed by atoms with Gasteiger partial charge in [-0.2, -0.15) is 0 Å². The fraction of sp³-hybridized carbons (Fsp3) is 0.176. The molecule has 1 N–H and O–H groups in total. The van der Waals surface area contributed by atoms with Crippen LogP contribution in [-0.2, 0) is 5.41 Å². The van der Waals surface area contributed by atoms with E-state index >= 15 is 0 Å². The van der Waals surface area contributed by atoms with E-state index in [0.29, 0.717) is 11.4 Å². The molecule has 4 heteroatoms. The van der Waals surface area contributed by atoms with Gasteiger partial charge in [0.2, 0.25) is 0 Å². The number of para-hydroxylation sites is 1. The van der Waals surface area contributed by atoms with Crippen LogP contribution >= 0.6 is 0 Å². The average molecular weight is 719 g/mol. The molecule has 0 saturated carbocycles.